The largest absolute Gasteiger partial charge is 0.480 e. The molecule has 0 aromatic carbocycles. The van der Waals surface area contributed by atoms with Crippen LogP contribution < -0.4 is 5.73 Å². The highest BCUT2D eigenvalue weighted by Gasteiger charge is 2.39. The standard InChI is InChI=1S/C13H24N2O2/c14-8-3-11(12(16)17)15-9-6-13(7-10-15)4-1-2-5-13/h11H,1-10,14H2,(H,16,17). The van der Waals surface area contributed by atoms with Gasteiger partial charge >= 0.3 is 5.97 Å². The van der Waals surface area contributed by atoms with Crippen molar-refractivity contribution < 1.29 is 9.90 Å². The maximum Gasteiger partial charge on any atom is 0.320 e. The molecule has 17 heavy (non-hydrogen) atoms. The van der Waals surface area contributed by atoms with Crippen LogP contribution in [0.4, 0.5) is 0 Å². The Labute approximate surface area is 103 Å². The molecule has 2 rings (SSSR count). The SMILES string of the molecule is NCCC(C(=O)O)N1CCC2(CCCC2)CC1. The summed E-state index contributed by atoms with van der Waals surface area (Å²) in [5.41, 5.74) is 6.06. The Balaban J connectivity index is 1.90. The van der Waals surface area contributed by atoms with Crippen LogP contribution in [-0.4, -0.2) is 41.7 Å². The molecule has 1 heterocycles. The summed E-state index contributed by atoms with van der Waals surface area (Å²) in [7, 11) is 0. The molecule has 1 unspecified atom stereocenters. The van der Waals surface area contributed by atoms with Gasteiger partial charge in [0.05, 0.1) is 0 Å². The molecular weight excluding hydrogens is 216 g/mol. The predicted molar refractivity (Wildman–Crippen MR) is 66.8 cm³/mol. The molecule has 0 aromatic heterocycles. The lowest BCUT2D eigenvalue weighted by Gasteiger charge is -2.41. The van der Waals surface area contributed by atoms with Crippen molar-refractivity contribution >= 4 is 5.97 Å². The van der Waals surface area contributed by atoms with Crippen LogP contribution in [0.15, 0.2) is 0 Å². The molecule has 2 aliphatic rings. The molecule has 0 radical (unpaired) electrons. The number of carboxylic acids is 1. The van der Waals surface area contributed by atoms with E-state index in [9.17, 15) is 9.90 Å². The third-order valence-electron chi connectivity index (χ3n) is 4.69. The van der Waals surface area contributed by atoms with Gasteiger partial charge in [-0.15, -0.1) is 0 Å². The van der Waals surface area contributed by atoms with Crippen molar-refractivity contribution in [2.45, 2.75) is 51.0 Å². The highest BCUT2D eigenvalue weighted by molar-refractivity contribution is 5.73. The Morgan fingerprint density at radius 1 is 1.24 bits per heavy atom. The number of carboxylic acid groups (broad SMARTS) is 1. The second kappa shape index (κ2) is 5.36. The summed E-state index contributed by atoms with van der Waals surface area (Å²) in [5.74, 6) is -0.710. The van der Waals surface area contributed by atoms with Gasteiger partial charge in [-0.1, -0.05) is 12.8 Å². The van der Waals surface area contributed by atoms with Crippen molar-refractivity contribution in [3.8, 4) is 0 Å². The molecule has 0 bridgehead atoms. The number of rotatable bonds is 4. The number of hydrogen-bond acceptors (Lipinski definition) is 3. The van der Waals surface area contributed by atoms with Gasteiger partial charge in [-0.25, -0.2) is 0 Å². The Kier molecular flexibility index (Phi) is 4.05. The van der Waals surface area contributed by atoms with E-state index in [4.69, 9.17) is 5.73 Å². The van der Waals surface area contributed by atoms with E-state index in [1.807, 2.05) is 0 Å². The second-order valence-corrected chi connectivity index (χ2v) is 5.67. The normalized spacial score (nSPS) is 26.2. The predicted octanol–water partition coefficient (Wildman–Crippen LogP) is 1.44. The molecule has 0 aromatic rings. The van der Waals surface area contributed by atoms with Gasteiger partial charge in [-0.05, 0) is 57.2 Å². The number of hydrogen-bond donors (Lipinski definition) is 2. The van der Waals surface area contributed by atoms with E-state index in [-0.39, 0.29) is 6.04 Å². The highest BCUT2D eigenvalue weighted by Crippen LogP contribution is 2.46. The Hall–Kier alpha value is -0.610. The van der Waals surface area contributed by atoms with Gasteiger partial charge in [0.1, 0.15) is 6.04 Å². The van der Waals surface area contributed by atoms with Crippen LogP contribution in [-0.2, 0) is 4.79 Å². The van der Waals surface area contributed by atoms with Gasteiger partial charge in [-0.3, -0.25) is 9.69 Å². The summed E-state index contributed by atoms with van der Waals surface area (Å²) in [6.45, 7) is 2.34. The highest BCUT2D eigenvalue weighted by atomic mass is 16.4. The average Bonchev–Trinajstić information content (AvgIpc) is 2.76. The Bertz CT molecular complexity index is 265. The molecule has 4 nitrogen and oxygen atoms in total. The first-order valence-electron chi connectivity index (χ1n) is 6.84. The summed E-state index contributed by atoms with van der Waals surface area (Å²) in [4.78, 5) is 13.3. The number of carbonyl (C=O) groups is 1. The molecule has 2 fully saturated rings. The molecule has 1 saturated heterocycles. The van der Waals surface area contributed by atoms with Crippen LogP contribution in [0.5, 0.6) is 0 Å². The maximum atomic E-state index is 11.2. The van der Waals surface area contributed by atoms with Gasteiger partial charge in [0.2, 0.25) is 0 Å². The van der Waals surface area contributed by atoms with E-state index in [1.54, 1.807) is 0 Å². The number of piperidine rings is 1. The van der Waals surface area contributed by atoms with Crippen LogP contribution in [0.3, 0.4) is 0 Å². The van der Waals surface area contributed by atoms with Crippen molar-refractivity contribution in [1.29, 1.82) is 0 Å². The van der Waals surface area contributed by atoms with Crippen molar-refractivity contribution in [2.24, 2.45) is 11.1 Å². The zero-order valence-corrected chi connectivity index (χ0v) is 10.5. The van der Waals surface area contributed by atoms with E-state index < -0.39 is 5.97 Å². The third kappa shape index (κ3) is 2.80. The van der Waals surface area contributed by atoms with E-state index in [0.717, 1.165) is 13.1 Å². The first-order chi connectivity index (χ1) is 8.17. The van der Waals surface area contributed by atoms with Crippen molar-refractivity contribution in [3.63, 3.8) is 0 Å². The Morgan fingerprint density at radius 2 is 1.82 bits per heavy atom. The van der Waals surface area contributed by atoms with Crippen molar-refractivity contribution in [2.75, 3.05) is 19.6 Å². The second-order valence-electron chi connectivity index (χ2n) is 5.67. The fourth-order valence-corrected chi connectivity index (χ4v) is 3.56. The average molecular weight is 240 g/mol. The summed E-state index contributed by atoms with van der Waals surface area (Å²) in [6.07, 6.45) is 8.38. The summed E-state index contributed by atoms with van der Waals surface area (Å²) >= 11 is 0. The van der Waals surface area contributed by atoms with Crippen molar-refractivity contribution in [1.82, 2.24) is 4.90 Å². The molecule has 1 aliphatic heterocycles. The lowest BCUT2D eigenvalue weighted by Crippen LogP contribution is -2.48. The molecule has 1 saturated carbocycles. The minimum atomic E-state index is -0.710. The number of likely N-dealkylation sites (tertiary alicyclic amines) is 1. The van der Waals surface area contributed by atoms with Crippen LogP contribution >= 0.6 is 0 Å². The minimum absolute atomic E-state index is 0.362. The molecule has 0 amide bonds. The van der Waals surface area contributed by atoms with E-state index in [0.29, 0.717) is 18.4 Å². The summed E-state index contributed by atoms with van der Waals surface area (Å²) in [5, 5.41) is 9.22. The molecule has 98 valence electrons. The first-order valence-corrected chi connectivity index (χ1v) is 6.84. The van der Waals surface area contributed by atoms with Crippen molar-refractivity contribution in [3.05, 3.63) is 0 Å². The monoisotopic (exact) mass is 240 g/mol. The summed E-state index contributed by atoms with van der Waals surface area (Å²) in [6, 6.07) is -0.362. The lowest BCUT2D eigenvalue weighted by molar-refractivity contribution is -0.144. The quantitative estimate of drug-likeness (QED) is 0.780. The molecule has 1 atom stereocenters. The molecular formula is C13H24N2O2. The van der Waals surface area contributed by atoms with Gasteiger partial charge < -0.3 is 10.8 Å². The first kappa shape index (κ1) is 12.8. The van der Waals surface area contributed by atoms with E-state index in [1.165, 1.54) is 38.5 Å². The van der Waals surface area contributed by atoms with Gasteiger partial charge in [0.15, 0.2) is 0 Å². The lowest BCUT2D eigenvalue weighted by atomic mass is 9.76. The van der Waals surface area contributed by atoms with E-state index in [2.05, 4.69) is 4.90 Å². The Morgan fingerprint density at radius 3 is 2.29 bits per heavy atom. The van der Waals surface area contributed by atoms with Crippen LogP contribution in [0.25, 0.3) is 0 Å². The van der Waals surface area contributed by atoms with Gasteiger partial charge in [0, 0.05) is 0 Å². The molecule has 4 heteroatoms. The minimum Gasteiger partial charge on any atom is -0.480 e. The number of nitrogens with zero attached hydrogens (tertiary/aromatic N) is 1. The smallest absolute Gasteiger partial charge is 0.320 e. The molecule has 1 spiro atoms. The van der Waals surface area contributed by atoms with Gasteiger partial charge in [0.25, 0.3) is 0 Å². The van der Waals surface area contributed by atoms with E-state index >= 15 is 0 Å². The topological polar surface area (TPSA) is 66.6 Å². The maximum absolute atomic E-state index is 11.2. The van der Waals surface area contributed by atoms with Crippen LogP contribution in [0.2, 0.25) is 0 Å². The fraction of sp³-hybridized carbons (Fsp3) is 0.923. The third-order valence-corrected chi connectivity index (χ3v) is 4.69. The summed E-state index contributed by atoms with van der Waals surface area (Å²) < 4.78 is 0. The number of aliphatic carboxylic acids is 1. The zero-order chi connectivity index (χ0) is 12.3. The van der Waals surface area contributed by atoms with Crippen LogP contribution in [0, 0.1) is 5.41 Å². The number of nitrogens with two attached hydrogens (primary N) is 1. The van der Waals surface area contributed by atoms with Gasteiger partial charge in [-0.2, -0.15) is 0 Å². The van der Waals surface area contributed by atoms with Crippen LogP contribution in [0.1, 0.15) is 44.9 Å². The molecule has 3 N–H and O–H groups in total. The fourth-order valence-electron chi connectivity index (χ4n) is 3.56. The zero-order valence-electron chi connectivity index (χ0n) is 10.5. The molecule has 1 aliphatic carbocycles.